The lowest BCUT2D eigenvalue weighted by Gasteiger charge is -2.14. The fourth-order valence-electron chi connectivity index (χ4n) is 1.77. The predicted octanol–water partition coefficient (Wildman–Crippen LogP) is 4.00. The Labute approximate surface area is 117 Å². The van der Waals surface area contributed by atoms with E-state index in [2.05, 4.69) is 57.4 Å². The van der Waals surface area contributed by atoms with Crippen LogP contribution in [0.15, 0.2) is 47.1 Å². The Balaban J connectivity index is 1.96. The molecule has 2 nitrogen and oxygen atoms in total. The van der Waals surface area contributed by atoms with Crippen LogP contribution in [0.4, 0.5) is 0 Å². The van der Waals surface area contributed by atoms with Gasteiger partial charge in [-0.15, -0.1) is 0 Å². The monoisotopic (exact) mass is 304 g/mol. The van der Waals surface area contributed by atoms with Crippen LogP contribution in [0.3, 0.4) is 0 Å². The summed E-state index contributed by atoms with van der Waals surface area (Å²) in [7, 11) is 0. The third-order valence-electron chi connectivity index (χ3n) is 2.93. The van der Waals surface area contributed by atoms with Gasteiger partial charge in [-0.3, -0.25) is 4.98 Å². The van der Waals surface area contributed by atoms with E-state index in [9.17, 15) is 0 Å². The fourth-order valence-corrected chi connectivity index (χ4v) is 2.18. The molecule has 0 spiro atoms. The van der Waals surface area contributed by atoms with Crippen LogP contribution >= 0.6 is 15.9 Å². The van der Waals surface area contributed by atoms with Gasteiger partial charge in [0.05, 0.1) is 0 Å². The lowest BCUT2D eigenvalue weighted by molar-refractivity contribution is 0.573. The quantitative estimate of drug-likeness (QED) is 0.923. The molecule has 1 atom stereocenters. The van der Waals surface area contributed by atoms with Crippen LogP contribution in [0.1, 0.15) is 29.8 Å². The summed E-state index contributed by atoms with van der Waals surface area (Å²) < 4.78 is 1.12. The van der Waals surface area contributed by atoms with Crippen LogP contribution in [-0.2, 0) is 6.54 Å². The second kappa shape index (κ2) is 6.12. The van der Waals surface area contributed by atoms with E-state index < -0.39 is 0 Å². The highest BCUT2D eigenvalue weighted by molar-refractivity contribution is 9.10. The van der Waals surface area contributed by atoms with Gasteiger partial charge in [0, 0.05) is 29.0 Å². The van der Waals surface area contributed by atoms with Gasteiger partial charge in [-0.2, -0.15) is 0 Å². The number of hydrogen-bond acceptors (Lipinski definition) is 2. The van der Waals surface area contributed by atoms with Crippen molar-refractivity contribution in [3.63, 3.8) is 0 Å². The molecule has 94 valence electrons. The molecule has 2 rings (SSSR count). The fraction of sp³-hybridized carbons (Fsp3) is 0.267. The minimum absolute atomic E-state index is 0.323. The topological polar surface area (TPSA) is 24.9 Å². The first-order valence-electron chi connectivity index (χ1n) is 6.05. The summed E-state index contributed by atoms with van der Waals surface area (Å²) in [6.45, 7) is 5.01. The normalized spacial score (nSPS) is 12.4. The van der Waals surface area contributed by atoms with Crippen molar-refractivity contribution in [2.75, 3.05) is 0 Å². The SMILES string of the molecule is Cc1ccc(CN[C@H](C)c2cccc(Br)c2)cn1. The molecule has 1 aromatic heterocycles. The second-order valence-corrected chi connectivity index (χ2v) is 5.38. The first-order valence-corrected chi connectivity index (χ1v) is 6.85. The number of nitrogens with one attached hydrogen (secondary N) is 1. The van der Waals surface area contributed by atoms with Crippen molar-refractivity contribution in [2.24, 2.45) is 0 Å². The van der Waals surface area contributed by atoms with Crippen LogP contribution in [0, 0.1) is 6.92 Å². The Morgan fingerprint density at radius 1 is 1.28 bits per heavy atom. The standard InChI is InChI=1S/C15H17BrN2/c1-11-6-7-13(9-17-11)10-18-12(2)14-4-3-5-15(16)8-14/h3-9,12,18H,10H2,1-2H3/t12-/m1/s1. The van der Waals surface area contributed by atoms with E-state index in [1.807, 2.05) is 25.3 Å². The lowest BCUT2D eigenvalue weighted by atomic mass is 10.1. The first-order chi connectivity index (χ1) is 8.65. The molecule has 0 aliphatic rings. The van der Waals surface area contributed by atoms with Crippen molar-refractivity contribution in [2.45, 2.75) is 26.4 Å². The number of aryl methyl sites for hydroxylation is 1. The van der Waals surface area contributed by atoms with E-state index in [0.717, 1.165) is 16.7 Å². The Morgan fingerprint density at radius 2 is 2.11 bits per heavy atom. The third-order valence-corrected chi connectivity index (χ3v) is 3.43. The zero-order valence-corrected chi connectivity index (χ0v) is 12.2. The van der Waals surface area contributed by atoms with E-state index in [4.69, 9.17) is 0 Å². The van der Waals surface area contributed by atoms with Gasteiger partial charge in [-0.05, 0) is 43.2 Å². The third kappa shape index (κ3) is 3.65. The minimum atomic E-state index is 0.323. The summed E-state index contributed by atoms with van der Waals surface area (Å²) >= 11 is 3.50. The Hall–Kier alpha value is -1.19. The van der Waals surface area contributed by atoms with Crippen molar-refractivity contribution in [3.8, 4) is 0 Å². The number of hydrogen-bond donors (Lipinski definition) is 1. The zero-order valence-electron chi connectivity index (χ0n) is 10.7. The molecular weight excluding hydrogens is 288 g/mol. The molecule has 1 N–H and O–H groups in total. The maximum atomic E-state index is 4.30. The molecule has 0 aliphatic carbocycles. The Morgan fingerprint density at radius 3 is 2.78 bits per heavy atom. The average Bonchev–Trinajstić information content (AvgIpc) is 2.38. The van der Waals surface area contributed by atoms with E-state index in [1.165, 1.54) is 11.1 Å². The molecule has 0 amide bonds. The largest absolute Gasteiger partial charge is 0.306 e. The zero-order chi connectivity index (χ0) is 13.0. The van der Waals surface area contributed by atoms with Crippen molar-refractivity contribution in [3.05, 3.63) is 63.9 Å². The number of rotatable bonds is 4. The summed E-state index contributed by atoms with van der Waals surface area (Å²) in [5.41, 5.74) is 3.55. The number of pyridine rings is 1. The molecule has 0 fully saturated rings. The summed E-state index contributed by atoms with van der Waals surface area (Å²) in [5.74, 6) is 0. The van der Waals surface area contributed by atoms with Gasteiger partial charge in [0.1, 0.15) is 0 Å². The number of nitrogens with zero attached hydrogens (tertiary/aromatic N) is 1. The van der Waals surface area contributed by atoms with Gasteiger partial charge in [0.2, 0.25) is 0 Å². The van der Waals surface area contributed by atoms with Gasteiger partial charge in [0.25, 0.3) is 0 Å². The first kappa shape index (κ1) is 13.2. The van der Waals surface area contributed by atoms with Gasteiger partial charge >= 0.3 is 0 Å². The lowest BCUT2D eigenvalue weighted by Crippen LogP contribution is -2.18. The second-order valence-electron chi connectivity index (χ2n) is 4.47. The van der Waals surface area contributed by atoms with Gasteiger partial charge in [-0.25, -0.2) is 0 Å². The van der Waals surface area contributed by atoms with Crippen LogP contribution in [0.2, 0.25) is 0 Å². The summed E-state index contributed by atoms with van der Waals surface area (Å²) in [4.78, 5) is 4.30. The number of halogens is 1. The smallest absolute Gasteiger partial charge is 0.0372 e. The molecule has 0 saturated carbocycles. The van der Waals surface area contributed by atoms with E-state index in [0.29, 0.717) is 6.04 Å². The van der Waals surface area contributed by atoms with Crippen molar-refractivity contribution in [1.82, 2.24) is 10.3 Å². The van der Waals surface area contributed by atoms with Gasteiger partial charge in [0.15, 0.2) is 0 Å². The summed E-state index contributed by atoms with van der Waals surface area (Å²) in [6, 6.07) is 12.9. The maximum Gasteiger partial charge on any atom is 0.0372 e. The molecule has 0 aliphatic heterocycles. The van der Waals surface area contributed by atoms with Crippen molar-refractivity contribution in [1.29, 1.82) is 0 Å². The molecule has 0 unspecified atom stereocenters. The highest BCUT2D eigenvalue weighted by atomic mass is 79.9. The van der Waals surface area contributed by atoms with Crippen molar-refractivity contribution < 1.29 is 0 Å². The Bertz CT molecular complexity index is 508. The van der Waals surface area contributed by atoms with Gasteiger partial charge < -0.3 is 5.32 Å². The molecular formula is C15H17BrN2. The molecule has 1 heterocycles. The molecule has 18 heavy (non-hydrogen) atoms. The highest BCUT2D eigenvalue weighted by Crippen LogP contribution is 2.18. The number of benzene rings is 1. The van der Waals surface area contributed by atoms with E-state index >= 15 is 0 Å². The predicted molar refractivity (Wildman–Crippen MR) is 78.4 cm³/mol. The molecule has 0 bridgehead atoms. The average molecular weight is 305 g/mol. The van der Waals surface area contributed by atoms with Gasteiger partial charge in [-0.1, -0.05) is 34.1 Å². The van der Waals surface area contributed by atoms with Crippen LogP contribution in [0.5, 0.6) is 0 Å². The Kier molecular flexibility index (Phi) is 4.50. The molecule has 3 heteroatoms. The van der Waals surface area contributed by atoms with Crippen molar-refractivity contribution >= 4 is 15.9 Å². The molecule has 1 aromatic carbocycles. The maximum absolute atomic E-state index is 4.30. The van der Waals surface area contributed by atoms with E-state index in [-0.39, 0.29) is 0 Å². The summed E-state index contributed by atoms with van der Waals surface area (Å²) in [5, 5.41) is 3.50. The van der Waals surface area contributed by atoms with Crippen LogP contribution in [-0.4, -0.2) is 4.98 Å². The van der Waals surface area contributed by atoms with Crippen LogP contribution < -0.4 is 5.32 Å². The number of aromatic nitrogens is 1. The molecule has 0 saturated heterocycles. The molecule has 2 aromatic rings. The van der Waals surface area contributed by atoms with E-state index in [1.54, 1.807) is 0 Å². The van der Waals surface area contributed by atoms with Crippen LogP contribution in [0.25, 0.3) is 0 Å². The summed E-state index contributed by atoms with van der Waals surface area (Å²) in [6.07, 6.45) is 1.93. The molecule has 0 radical (unpaired) electrons. The highest BCUT2D eigenvalue weighted by Gasteiger charge is 2.05. The minimum Gasteiger partial charge on any atom is -0.306 e.